The molecule has 1 atom stereocenters. The van der Waals surface area contributed by atoms with Crippen molar-refractivity contribution in [1.29, 1.82) is 0 Å². The second-order valence-corrected chi connectivity index (χ2v) is 6.23. The first kappa shape index (κ1) is 17.4. The molecule has 0 spiro atoms. The molecule has 0 aliphatic rings. The van der Waals surface area contributed by atoms with Gasteiger partial charge in [0, 0.05) is 5.92 Å². The molecule has 0 aliphatic carbocycles. The zero-order valence-electron chi connectivity index (χ0n) is 14.3. The minimum Gasteiger partial charge on any atom is -0.496 e. The Kier molecular flexibility index (Phi) is 6.48. The summed E-state index contributed by atoms with van der Waals surface area (Å²) < 4.78 is 11.3. The number of nitrogens with two attached hydrogens (primary N) is 1. The largest absolute Gasteiger partial charge is 0.496 e. The van der Waals surface area contributed by atoms with E-state index in [9.17, 15) is 0 Å². The van der Waals surface area contributed by atoms with Crippen molar-refractivity contribution in [3.05, 3.63) is 59.7 Å². The molecule has 0 saturated heterocycles. The SMILES string of the molecule is COc1ccccc1C(CN)Cc1cccc(OCC(C)C)c1. The summed E-state index contributed by atoms with van der Waals surface area (Å²) in [5.74, 6) is 2.57. The molecule has 0 saturated carbocycles. The Morgan fingerprint density at radius 3 is 2.52 bits per heavy atom. The number of benzene rings is 2. The molecule has 0 amide bonds. The van der Waals surface area contributed by atoms with Crippen LogP contribution in [-0.2, 0) is 6.42 Å². The molecule has 0 aliphatic heterocycles. The van der Waals surface area contributed by atoms with E-state index in [2.05, 4.69) is 32.0 Å². The molecule has 2 aromatic rings. The summed E-state index contributed by atoms with van der Waals surface area (Å²) in [6.45, 7) is 5.61. The van der Waals surface area contributed by atoms with Crippen molar-refractivity contribution in [2.24, 2.45) is 11.7 Å². The molecule has 0 fully saturated rings. The summed E-state index contributed by atoms with van der Waals surface area (Å²) in [5, 5.41) is 0. The minimum absolute atomic E-state index is 0.228. The second-order valence-electron chi connectivity index (χ2n) is 6.23. The molecule has 0 heterocycles. The van der Waals surface area contributed by atoms with Crippen LogP contribution in [0.15, 0.2) is 48.5 Å². The molecule has 2 aromatic carbocycles. The van der Waals surface area contributed by atoms with Gasteiger partial charge in [-0.3, -0.25) is 0 Å². The van der Waals surface area contributed by atoms with Crippen LogP contribution in [0.4, 0.5) is 0 Å². The van der Waals surface area contributed by atoms with Crippen LogP contribution in [0, 0.1) is 5.92 Å². The van der Waals surface area contributed by atoms with Crippen LogP contribution in [0.25, 0.3) is 0 Å². The van der Waals surface area contributed by atoms with Crippen LogP contribution in [-0.4, -0.2) is 20.3 Å². The van der Waals surface area contributed by atoms with Crippen molar-refractivity contribution in [2.45, 2.75) is 26.2 Å². The van der Waals surface area contributed by atoms with Gasteiger partial charge in [0.1, 0.15) is 11.5 Å². The first-order valence-corrected chi connectivity index (χ1v) is 8.18. The normalized spacial score (nSPS) is 12.2. The van der Waals surface area contributed by atoms with E-state index in [1.54, 1.807) is 7.11 Å². The number of hydrogen-bond acceptors (Lipinski definition) is 3. The summed E-state index contributed by atoms with van der Waals surface area (Å²) in [4.78, 5) is 0. The van der Waals surface area contributed by atoms with Gasteiger partial charge in [-0.25, -0.2) is 0 Å². The van der Waals surface area contributed by atoms with Crippen molar-refractivity contribution in [2.75, 3.05) is 20.3 Å². The fraction of sp³-hybridized carbons (Fsp3) is 0.400. The average Bonchev–Trinajstić information content (AvgIpc) is 2.58. The molecule has 0 aromatic heterocycles. The standard InChI is InChI=1S/C20H27NO2/c1-15(2)14-23-18-8-6-7-16(12-18)11-17(13-21)19-9-4-5-10-20(19)22-3/h4-10,12,15,17H,11,13-14,21H2,1-3H3. The molecule has 2 N–H and O–H groups in total. The van der Waals surface area contributed by atoms with Gasteiger partial charge in [0.05, 0.1) is 13.7 Å². The van der Waals surface area contributed by atoms with Crippen molar-refractivity contribution in [3.63, 3.8) is 0 Å². The zero-order chi connectivity index (χ0) is 16.7. The van der Waals surface area contributed by atoms with E-state index in [-0.39, 0.29) is 5.92 Å². The number of para-hydroxylation sites is 1. The third-order valence-corrected chi connectivity index (χ3v) is 3.83. The van der Waals surface area contributed by atoms with Gasteiger partial charge in [0.25, 0.3) is 0 Å². The van der Waals surface area contributed by atoms with E-state index < -0.39 is 0 Å². The van der Waals surface area contributed by atoms with Gasteiger partial charge >= 0.3 is 0 Å². The quantitative estimate of drug-likeness (QED) is 0.800. The molecule has 124 valence electrons. The van der Waals surface area contributed by atoms with E-state index in [0.717, 1.165) is 30.1 Å². The smallest absolute Gasteiger partial charge is 0.122 e. The van der Waals surface area contributed by atoms with Crippen LogP contribution >= 0.6 is 0 Å². The number of hydrogen-bond donors (Lipinski definition) is 1. The van der Waals surface area contributed by atoms with Crippen LogP contribution < -0.4 is 15.2 Å². The Morgan fingerprint density at radius 1 is 1.04 bits per heavy atom. The van der Waals surface area contributed by atoms with Gasteiger partial charge in [-0.15, -0.1) is 0 Å². The number of methoxy groups -OCH3 is 1. The average molecular weight is 313 g/mol. The van der Waals surface area contributed by atoms with E-state index in [1.807, 2.05) is 30.3 Å². The topological polar surface area (TPSA) is 44.5 Å². The number of rotatable bonds is 8. The molecular formula is C20H27NO2. The van der Waals surface area contributed by atoms with Crippen molar-refractivity contribution < 1.29 is 9.47 Å². The predicted molar refractivity (Wildman–Crippen MR) is 95.3 cm³/mol. The lowest BCUT2D eigenvalue weighted by atomic mass is 9.91. The lowest BCUT2D eigenvalue weighted by Crippen LogP contribution is -2.16. The summed E-state index contributed by atoms with van der Waals surface area (Å²) in [6, 6.07) is 16.4. The Balaban J connectivity index is 2.14. The Labute approximate surface area is 139 Å². The Hall–Kier alpha value is -2.00. The molecule has 3 heteroatoms. The van der Waals surface area contributed by atoms with Gasteiger partial charge in [0.2, 0.25) is 0 Å². The maximum absolute atomic E-state index is 6.03. The second kappa shape index (κ2) is 8.59. The van der Waals surface area contributed by atoms with E-state index in [1.165, 1.54) is 5.56 Å². The zero-order valence-corrected chi connectivity index (χ0v) is 14.3. The molecule has 3 nitrogen and oxygen atoms in total. The lowest BCUT2D eigenvalue weighted by molar-refractivity contribution is 0.271. The molecule has 2 rings (SSSR count). The van der Waals surface area contributed by atoms with E-state index >= 15 is 0 Å². The Morgan fingerprint density at radius 2 is 1.83 bits per heavy atom. The monoisotopic (exact) mass is 313 g/mol. The van der Waals surface area contributed by atoms with Gasteiger partial charge in [-0.2, -0.15) is 0 Å². The molecule has 1 unspecified atom stereocenters. The maximum atomic E-state index is 6.03. The summed E-state index contributed by atoms with van der Waals surface area (Å²) >= 11 is 0. The highest BCUT2D eigenvalue weighted by Gasteiger charge is 2.15. The molecular weight excluding hydrogens is 286 g/mol. The first-order chi connectivity index (χ1) is 11.1. The fourth-order valence-electron chi connectivity index (χ4n) is 2.63. The van der Waals surface area contributed by atoms with Crippen LogP contribution in [0.1, 0.15) is 30.9 Å². The maximum Gasteiger partial charge on any atom is 0.122 e. The summed E-state index contributed by atoms with van der Waals surface area (Å²) in [7, 11) is 1.70. The van der Waals surface area contributed by atoms with Crippen LogP contribution in [0.3, 0.4) is 0 Å². The highest BCUT2D eigenvalue weighted by molar-refractivity contribution is 5.38. The first-order valence-electron chi connectivity index (χ1n) is 8.18. The van der Waals surface area contributed by atoms with Gasteiger partial charge in [-0.1, -0.05) is 44.2 Å². The van der Waals surface area contributed by atoms with Gasteiger partial charge < -0.3 is 15.2 Å². The Bertz CT molecular complexity index is 610. The van der Waals surface area contributed by atoms with E-state index in [4.69, 9.17) is 15.2 Å². The summed E-state index contributed by atoms with van der Waals surface area (Å²) in [5.41, 5.74) is 8.41. The molecule has 0 radical (unpaired) electrons. The van der Waals surface area contributed by atoms with Crippen LogP contribution in [0.5, 0.6) is 11.5 Å². The van der Waals surface area contributed by atoms with Crippen molar-refractivity contribution in [3.8, 4) is 11.5 Å². The highest BCUT2D eigenvalue weighted by atomic mass is 16.5. The van der Waals surface area contributed by atoms with Gasteiger partial charge in [0.15, 0.2) is 0 Å². The molecule has 0 bridgehead atoms. The lowest BCUT2D eigenvalue weighted by Gasteiger charge is -2.19. The third-order valence-electron chi connectivity index (χ3n) is 3.83. The fourth-order valence-corrected chi connectivity index (χ4v) is 2.63. The van der Waals surface area contributed by atoms with Gasteiger partial charge in [-0.05, 0) is 48.2 Å². The predicted octanol–water partition coefficient (Wildman–Crippen LogP) is 4.02. The minimum atomic E-state index is 0.228. The third kappa shape index (κ3) is 5.00. The van der Waals surface area contributed by atoms with E-state index in [0.29, 0.717) is 12.5 Å². The summed E-state index contributed by atoms with van der Waals surface area (Å²) in [6.07, 6.45) is 0.871. The number of ether oxygens (including phenoxy) is 2. The van der Waals surface area contributed by atoms with Crippen LogP contribution in [0.2, 0.25) is 0 Å². The molecule has 23 heavy (non-hydrogen) atoms. The van der Waals surface area contributed by atoms with Crippen molar-refractivity contribution >= 4 is 0 Å². The van der Waals surface area contributed by atoms with Crippen molar-refractivity contribution in [1.82, 2.24) is 0 Å². The highest BCUT2D eigenvalue weighted by Crippen LogP contribution is 2.29.